The molecule has 1 rings (SSSR count). The highest BCUT2D eigenvalue weighted by Gasteiger charge is 2.39. The van der Waals surface area contributed by atoms with E-state index in [1.807, 2.05) is 0 Å². The summed E-state index contributed by atoms with van der Waals surface area (Å²) in [5.41, 5.74) is 1.98. The first kappa shape index (κ1) is 14.8. The standard InChI is InChI=1S/C16H31N/c1-5-12-17-15(13-14(4)6-2)16(7-3)10-8-9-11-16/h15,17H,4-13H2,1-3H3. The Balaban J connectivity index is 2.68. The Labute approximate surface area is 108 Å². The Hall–Kier alpha value is -0.300. The lowest BCUT2D eigenvalue weighted by Crippen LogP contribution is -2.44. The maximum atomic E-state index is 4.22. The van der Waals surface area contributed by atoms with Crippen molar-refractivity contribution in [2.75, 3.05) is 6.54 Å². The molecule has 1 aliphatic carbocycles. The molecule has 0 saturated heterocycles. The van der Waals surface area contributed by atoms with Crippen LogP contribution < -0.4 is 5.32 Å². The third-order valence-corrected chi connectivity index (χ3v) is 4.68. The van der Waals surface area contributed by atoms with Gasteiger partial charge in [-0.05, 0) is 50.5 Å². The van der Waals surface area contributed by atoms with Crippen LogP contribution in [-0.2, 0) is 0 Å². The fraction of sp³-hybridized carbons (Fsp3) is 0.875. The van der Waals surface area contributed by atoms with E-state index in [-0.39, 0.29) is 0 Å². The normalized spacial score (nSPS) is 20.4. The van der Waals surface area contributed by atoms with E-state index in [0.29, 0.717) is 11.5 Å². The van der Waals surface area contributed by atoms with Crippen LogP contribution >= 0.6 is 0 Å². The summed E-state index contributed by atoms with van der Waals surface area (Å²) in [6.07, 6.45) is 10.6. The summed E-state index contributed by atoms with van der Waals surface area (Å²) in [5.74, 6) is 0. The second kappa shape index (κ2) is 7.20. The molecule has 1 aliphatic rings. The van der Waals surface area contributed by atoms with E-state index in [4.69, 9.17) is 0 Å². The highest BCUT2D eigenvalue weighted by Crippen LogP contribution is 2.45. The van der Waals surface area contributed by atoms with Crippen LogP contribution in [0.5, 0.6) is 0 Å². The van der Waals surface area contributed by atoms with Crippen LogP contribution in [-0.4, -0.2) is 12.6 Å². The minimum Gasteiger partial charge on any atom is -0.313 e. The number of rotatable bonds is 8. The largest absolute Gasteiger partial charge is 0.313 e. The van der Waals surface area contributed by atoms with Gasteiger partial charge in [-0.1, -0.05) is 45.8 Å². The van der Waals surface area contributed by atoms with Crippen molar-refractivity contribution in [3.63, 3.8) is 0 Å². The summed E-state index contributed by atoms with van der Waals surface area (Å²) in [5, 5.41) is 3.81. The molecule has 0 aliphatic heterocycles. The molecule has 0 aromatic heterocycles. The smallest absolute Gasteiger partial charge is 0.0160 e. The van der Waals surface area contributed by atoms with Crippen LogP contribution in [0.15, 0.2) is 12.2 Å². The van der Waals surface area contributed by atoms with Crippen molar-refractivity contribution < 1.29 is 0 Å². The van der Waals surface area contributed by atoms with Gasteiger partial charge in [-0.3, -0.25) is 0 Å². The first-order valence-corrected chi connectivity index (χ1v) is 7.58. The third kappa shape index (κ3) is 3.84. The molecule has 17 heavy (non-hydrogen) atoms. The van der Waals surface area contributed by atoms with Crippen LogP contribution in [0, 0.1) is 5.41 Å². The molecule has 100 valence electrons. The number of nitrogens with one attached hydrogen (secondary N) is 1. The van der Waals surface area contributed by atoms with Gasteiger partial charge in [0.05, 0.1) is 0 Å². The molecule has 0 amide bonds. The molecular weight excluding hydrogens is 206 g/mol. The fourth-order valence-electron chi connectivity index (χ4n) is 3.28. The molecule has 1 nitrogen and oxygen atoms in total. The number of hydrogen-bond acceptors (Lipinski definition) is 1. The van der Waals surface area contributed by atoms with E-state index in [1.165, 1.54) is 50.5 Å². The first-order valence-electron chi connectivity index (χ1n) is 7.58. The molecule has 0 spiro atoms. The molecule has 1 atom stereocenters. The minimum atomic E-state index is 0.563. The summed E-state index contributed by atoms with van der Waals surface area (Å²) in [6, 6.07) is 0.669. The minimum absolute atomic E-state index is 0.563. The van der Waals surface area contributed by atoms with Gasteiger partial charge < -0.3 is 5.32 Å². The van der Waals surface area contributed by atoms with Gasteiger partial charge in [0.25, 0.3) is 0 Å². The fourth-order valence-corrected chi connectivity index (χ4v) is 3.28. The second-order valence-corrected chi connectivity index (χ2v) is 5.74. The lowest BCUT2D eigenvalue weighted by atomic mass is 9.73. The Morgan fingerprint density at radius 2 is 1.88 bits per heavy atom. The zero-order chi connectivity index (χ0) is 12.7. The van der Waals surface area contributed by atoms with E-state index in [2.05, 4.69) is 32.7 Å². The quantitative estimate of drug-likeness (QED) is 0.604. The monoisotopic (exact) mass is 237 g/mol. The molecule has 1 unspecified atom stereocenters. The lowest BCUT2D eigenvalue weighted by Gasteiger charge is -2.38. The zero-order valence-corrected chi connectivity index (χ0v) is 12.1. The molecule has 0 aromatic carbocycles. The van der Waals surface area contributed by atoms with Crippen molar-refractivity contribution in [3.8, 4) is 0 Å². The summed E-state index contributed by atoms with van der Waals surface area (Å²) < 4.78 is 0. The first-order chi connectivity index (χ1) is 8.18. The summed E-state index contributed by atoms with van der Waals surface area (Å²) >= 11 is 0. The third-order valence-electron chi connectivity index (χ3n) is 4.68. The maximum absolute atomic E-state index is 4.22. The molecule has 1 fully saturated rings. The van der Waals surface area contributed by atoms with Gasteiger partial charge in [-0.2, -0.15) is 0 Å². The summed E-state index contributed by atoms with van der Waals surface area (Å²) in [7, 11) is 0. The van der Waals surface area contributed by atoms with Crippen molar-refractivity contribution in [1.29, 1.82) is 0 Å². The van der Waals surface area contributed by atoms with Crippen molar-refractivity contribution >= 4 is 0 Å². The van der Waals surface area contributed by atoms with E-state index < -0.39 is 0 Å². The topological polar surface area (TPSA) is 12.0 Å². The van der Waals surface area contributed by atoms with Crippen molar-refractivity contribution in [1.82, 2.24) is 5.32 Å². The van der Waals surface area contributed by atoms with Gasteiger partial charge in [0.15, 0.2) is 0 Å². The molecule has 0 heterocycles. The van der Waals surface area contributed by atoms with Crippen LogP contribution in [0.4, 0.5) is 0 Å². The predicted octanol–water partition coefficient (Wildman–Crippen LogP) is 4.68. The van der Waals surface area contributed by atoms with Crippen LogP contribution in [0.1, 0.15) is 72.1 Å². The molecule has 1 N–H and O–H groups in total. The highest BCUT2D eigenvalue weighted by molar-refractivity contribution is 5.03. The molecular formula is C16H31N. The Morgan fingerprint density at radius 1 is 1.24 bits per heavy atom. The van der Waals surface area contributed by atoms with Gasteiger partial charge >= 0.3 is 0 Å². The average molecular weight is 237 g/mol. The average Bonchev–Trinajstić information content (AvgIpc) is 2.83. The molecule has 0 bridgehead atoms. The van der Waals surface area contributed by atoms with Gasteiger partial charge in [-0.15, -0.1) is 0 Å². The lowest BCUT2D eigenvalue weighted by molar-refractivity contribution is 0.184. The van der Waals surface area contributed by atoms with Gasteiger partial charge in [0, 0.05) is 6.04 Å². The van der Waals surface area contributed by atoms with Crippen LogP contribution in [0.2, 0.25) is 0 Å². The summed E-state index contributed by atoms with van der Waals surface area (Å²) in [4.78, 5) is 0. The Kier molecular flexibility index (Phi) is 6.26. The van der Waals surface area contributed by atoms with Gasteiger partial charge in [-0.25, -0.2) is 0 Å². The number of hydrogen-bond donors (Lipinski definition) is 1. The van der Waals surface area contributed by atoms with Gasteiger partial charge in [0.2, 0.25) is 0 Å². The highest BCUT2D eigenvalue weighted by atomic mass is 14.9. The summed E-state index contributed by atoms with van der Waals surface area (Å²) in [6.45, 7) is 12.2. The molecule has 0 aromatic rings. The SMILES string of the molecule is C=C(CC)CC(NCCC)C1(CC)CCCC1. The Bertz CT molecular complexity index is 226. The van der Waals surface area contributed by atoms with Gasteiger partial charge in [0.1, 0.15) is 0 Å². The predicted molar refractivity (Wildman–Crippen MR) is 77.3 cm³/mol. The van der Waals surface area contributed by atoms with Crippen LogP contribution in [0.25, 0.3) is 0 Å². The Morgan fingerprint density at radius 3 is 2.35 bits per heavy atom. The van der Waals surface area contributed by atoms with E-state index in [1.54, 1.807) is 0 Å². The van der Waals surface area contributed by atoms with Crippen LogP contribution in [0.3, 0.4) is 0 Å². The van der Waals surface area contributed by atoms with E-state index in [0.717, 1.165) is 13.0 Å². The molecule has 0 radical (unpaired) electrons. The van der Waals surface area contributed by atoms with E-state index in [9.17, 15) is 0 Å². The second-order valence-electron chi connectivity index (χ2n) is 5.74. The molecule has 1 saturated carbocycles. The van der Waals surface area contributed by atoms with Crippen molar-refractivity contribution in [2.24, 2.45) is 5.41 Å². The zero-order valence-electron chi connectivity index (χ0n) is 12.1. The maximum Gasteiger partial charge on any atom is 0.0160 e. The van der Waals surface area contributed by atoms with E-state index >= 15 is 0 Å². The van der Waals surface area contributed by atoms with Crippen molar-refractivity contribution in [3.05, 3.63) is 12.2 Å². The molecule has 1 heteroatoms. The van der Waals surface area contributed by atoms with Crippen molar-refractivity contribution in [2.45, 2.75) is 78.2 Å².